The third-order valence-corrected chi connectivity index (χ3v) is 5.98. The van der Waals surface area contributed by atoms with Gasteiger partial charge in [0.15, 0.2) is 11.5 Å². The van der Waals surface area contributed by atoms with Crippen LogP contribution in [0.1, 0.15) is 36.9 Å². The summed E-state index contributed by atoms with van der Waals surface area (Å²) >= 11 is 0. The van der Waals surface area contributed by atoms with Gasteiger partial charge in [-0.1, -0.05) is 0 Å². The molecule has 0 bridgehead atoms. The van der Waals surface area contributed by atoms with E-state index in [0.29, 0.717) is 5.92 Å². The minimum Gasteiger partial charge on any atom is -0.396 e. The normalized spacial score (nSPS) is 20.2. The lowest BCUT2D eigenvalue weighted by Crippen LogP contribution is -2.39. The molecule has 1 atom stereocenters. The number of piperidine rings is 1. The van der Waals surface area contributed by atoms with Crippen LogP contribution in [0.2, 0.25) is 0 Å². The summed E-state index contributed by atoms with van der Waals surface area (Å²) in [6, 6.07) is 2.05. The summed E-state index contributed by atoms with van der Waals surface area (Å²) in [7, 11) is 1.99. The van der Waals surface area contributed by atoms with Crippen molar-refractivity contribution in [1.29, 1.82) is 0 Å². The van der Waals surface area contributed by atoms with E-state index in [9.17, 15) is 5.11 Å². The molecule has 4 heterocycles. The van der Waals surface area contributed by atoms with E-state index in [4.69, 9.17) is 10.1 Å². The first-order chi connectivity index (χ1) is 13.2. The molecule has 1 saturated heterocycles. The van der Waals surface area contributed by atoms with Crippen LogP contribution in [0.4, 0.5) is 5.82 Å². The molecule has 7 nitrogen and oxygen atoms in total. The maximum atomic E-state index is 9.69. The van der Waals surface area contributed by atoms with Gasteiger partial charge in [0, 0.05) is 56.5 Å². The van der Waals surface area contributed by atoms with Crippen LogP contribution in [0.5, 0.6) is 0 Å². The van der Waals surface area contributed by atoms with Crippen LogP contribution in [-0.4, -0.2) is 49.0 Å². The van der Waals surface area contributed by atoms with Crippen LogP contribution < -0.4 is 4.90 Å². The van der Waals surface area contributed by atoms with Crippen LogP contribution in [0.15, 0.2) is 18.5 Å². The van der Waals surface area contributed by atoms with Gasteiger partial charge in [-0.05, 0) is 44.4 Å². The second-order valence-electron chi connectivity index (χ2n) is 7.87. The van der Waals surface area contributed by atoms with Gasteiger partial charge in [-0.25, -0.2) is 9.97 Å². The largest absolute Gasteiger partial charge is 0.396 e. The third-order valence-electron chi connectivity index (χ3n) is 5.98. The monoisotopic (exact) mass is 366 g/mol. The molecule has 1 aliphatic carbocycles. The topological polar surface area (TPSA) is 71.5 Å². The summed E-state index contributed by atoms with van der Waals surface area (Å²) < 4.78 is 4.01. The Balaban J connectivity index is 1.69. The SMILES string of the molecule is Cn1ccnc1-c1cc2nc3c(c(N4CCC[C@@H](CO)C4)n2n1)CCCC3. The molecule has 27 heavy (non-hydrogen) atoms. The first-order valence-corrected chi connectivity index (χ1v) is 9.99. The van der Waals surface area contributed by atoms with Crippen LogP contribution in [-0.2, 0) is 19.9 Å². The predicted molar refractivity (Wildman–Crippen MR) is 104 cm³/mol. The van der Waals surface area contributed by atoms with E-state index in [1.807, 2.05) is 28.4 Å². The lowest BCUT2D eigenvalue weighted by atomic mass is 9.94. The number of imidazole rings is 1. The van der Waals surface area contributed by atoms with Crippen molar-refractivity contribution in [2.45, 2.75) is 38.5 Å². The average molecular weight is 366 g/mol. The maximum Gasteiger partial charge on any atom is 0.160 e. The predicted octanol–water partition coefficient (Wildman–Crippen LogP) is 2.22. The number of aliphatic hydroxyl groups is 1. The summed E-state index contributed by atoms with van der Waals surface area (Å²) in [6.07, 6.45) is 10.5. The molecule has 0 amide bonds. The van der Waals surface area contributed by atoms with Gasteiger partial charge >= 0.3 is 0 Å². The number of hydrogen-bond donors (Lipinski definition) is 1. The van der Waals surface area contributed by atoms with E-state index in [-0.39, 0.29) is 6.61 Å². The number of anilines is 1. The molecule has 3 aromatic heterocycles. The Morgan fingerprint density at radius 2 is 2.11 bits per heavy atom. The summed E-state index contributed by atoms with van der Waals surface area (Å²) in [4.78, 5) is 11.8. The van der Waals surface area contributed by atoms with Gasteiger partial charge in [-0.2, -0.15) is 9.61 Å². The van der Waals surface area contributed by atoms with Gasteiger partial charge in [-0.3, -0.25) is 0 Å². The van der Waals surface area contributed by atoms with Crippen LogP contribution in [0.25, 0.3) is 17.2 Å². The van der Waals surface area contributed by atoms with Gasteiger partial charge in [0.25, 0.3) is 0 Å². The Morgan fingerprint density at radius 1 is 1.22 bits per heavy atom. The van der Waals surface area contributed by atoms with Crippen molar-refractivity contribution in [3.05, 3.63) is 29.7 Å². The lowest BCUT2D eigenvalue weighted by Gasteiger charge is -2.35. The first-order valence-electron chi connectivity index (χ1n) is 9.99. The lowest BCUT2D eigenvalue weighted by molar-refractivity contribution is 0.208. The van der Waals surface area contributed by atoms with Crippen molar-refractivity contribution >= 4 is 11.5 Å². The van der Waals surface area contributed by atoms with E-state index < -0.39 is 0 Å². The van der Waals surface area contributed by atoms with Crippen molar-refractivity contribution in [3.8, 4) is 11.5 Å². The third kappa shape index (κ3) is 2.81. The Morgan fingerprint density at radius 3 is 2.93 bits per heavy atom. The van der Waals surface area contributed by atoms with Gasteiger partial charge in [0.1, 0.15) is 11.5 Å². The number of fused-ring (bicyclic) bond motifs is 2. The fraction of sp³-hybridized carbons (Fsp3) is 0.550. The Hall–Kier alpha value is -2.41. The molecule has 0 unspecified atom stereocenters. The number of hydrogen-bond acceptors (Lipinski definition) is 5. The zero-order chi connectivity index (χ0) is 18.4. The number of aromatic nitrogens is 5. The number of aliphatic hydroxyl groups excluding tert-OH is 1. The minimum atomic E-state index is 0.255. The van der Waals surface area contributed by atoms with Crippen molar-refractivity contribution in [2.75, 3.05) is 24.6 Å². The van der Waals surface area contributed by atoms with Crippen molar-refractivity contribution in [3.63, 3.8) is 0 Å². The first kappa shape index (κ1) is 16.7. The van der Waals surface area contributed by atoms with Gasteiger partial charge < -0.3 is 14.6 Å². The summed E-state index contributed by atoms with van der Waals surface area (Å²) in [5.74, 6) is 2.38. The molecule has 7 heteroatoms. The second kappa shape index (κ2) is 6.64. The quantitative estimate of drug-likeness (QED) is 0.770. The van der Waals surface area contributed by atoms with Crippen molar-refractivity contribution in [1.82, 2.24) is 24.1 Å². The van der Waals surface area contributed by atoms with Crippen molar-refractivity contribution < 1.29 is 5.11 Å². The number of rotatable bonds is 3. The summed E-state index contributed by atoms with van der Waals surface area (Å²) in [5, 5.41) is 14.6. The standard InChI is InChI=1S/C20H26N6O/c1-24-10-8-21-19(24)17-11-18-22-16-7-3-2-6-15(16)20(26(18)23-17)25-9-4-5-14(12-25)13-27/h8,10-11,14,27H,2-7,9,12-13H2,1H3/t14-/m1/s1. The minimum absolute atomic E-state index is 0.255. The molecule has 1 N–H and O–H groups in total. The highest BCUT2D eigenvalue weighted by Crippen LogP contribution is 2.33. The highest BCUT2D eigenvalue weighted by atomic mass is 16.3. The van der Waals surface area contributed by atoms with Crippen LogP contribution in [0.3, 0.4) is 0 Å². The molecule has 2 aliphatic rings. The van der Waals surface area contributed by atoms with Gasteiger partial charge in [0.05, 0.1) is 0 Å². The molecule has 0 spiro atoms. The number of aryl methyl sites for hydroxylation is 2. The molecular formula is C20H26N6O. The molecule has 3 aromatic rings. The smallest absolute Gasteiger partial charge is 0.160 e. The molecule has 0 saturated carbocycles. The molecule has 142 valence electrons. The molecule has 0 aromatic carbocycles. The van der Waals surface area contributed by atoms with Crippen LogP contribution >= 0.6 is 0 Å². The molecule has 5 rings (SSSR count). The van der Waals surface area contributed by atoms with Gasteiger partial charge in [0.2, 0.25) is 0 Å². The zero-order valence-electron chi connectivity index (χ0n) is 15.8. The molecule has 0 radical (unpaired) electrons. The van der Waals surface area contributed by atoms with E-state index in [2.05, 4.69) is 9.88 Å². The molecule has 1 fully saturated rings. The van der Waals surface area contributed by atoms with Gasteiger partial charge in [-0.15, -0.1) is 0 Å². The molecule has 1 aliphatic heterocycles. The second-order valence-corrected chi connectivity index (χ2v) is 7.87. The van der Waals surface area contributed by atoms with Crippen LogP contribution in [0, 0.1) is 5.92 Å². The van der Waals surface area contributed by atoms with E-state index in [1.54, 1.807) is 6.20 Å². The highest BCUT2D eigenvalue weighted by Gasteiger charge is 2.28. The van der Waals surface area contributed by atoms with E-state index in [1.165, 1.54) is 29.9 Å². The Kier molecular flexibility index (Phi) is 4.11. The van der Waals surface area contributed by atoms with E-state index >= 15 is 0 Å². The number of nitrogens with zero attached hydrogens (tertiary/aromatic N) is 6. The summed E-state index contributed by atoms with van der Waals surface area (Å²) in [6.45, 7) is 2.16. The highest BCUT2D eigenvalue weighted by molar-refractivity contribution is 5.64. The summed E-state index contributed by atoms with van der Waals surface area (Å²) in [5.41, 5.74) is 4.33. The molecular weight excluding hydrogens is 340 g/mol. The average Bonchev–Trinajstić information content (AvgIpc) is 3.31. The van der Waals surface area contributed by atoms with Crippen molar-refractivity contribution in [2.24, 2.45) is 13.0 Å². The fourth-order valence-electron chi connectivity index (χ4n) is 4.58. The van der Waals surface area contributed by atoms with E-state index in [0.717, 1.165) is 55.9 Å². The fourth-order valence-corrected chi connectivity index (χ4v) is 4.58. The Bertz CT molecular complexity index is 974. The Labute approximate surface area is 158 Å². The maximum absolute atomic E-state index is 9.69. The zero-order valence-corrected chi connectivity index (χ0v) is 15.8.